The maximum atomic E-state index is 12.4. The first-order chi connectivity index (χ1) is 12.8. The molecule has 2 N–H and O–H groups in total. The first kappa shape index (κ1) is 20.7. The molecule has 0 radical (unpaired) electrons. The lowest BCUT2D eigenvalue weighted by Gasteiger charge is -2.13. The van der Waals surface area contributed by atoms with Crippen molar-refractivity contribution in [2.24, 2.45) is 0 Å². The van der Waals surface area contributed by atoms with E-state index in [1.807, 2.05) is 24.3 Å². The number of carbonyl (C=O) groups excluding carboxylic acids is 2. The molecule has 142 valence electrons. The molecule has 0 atom stereocenters. The molecule has 1 amide bonds. The van der Waals surface area contributed by atoms with Crippen molar-refractivity contribution in [2.45, 2.75) is 39.4 Å². The summed E-state index contributed by atoms with van der Waals surface area (Å²) in [5, 5.41) is 12.2. The SMILES string of the molecule is CC(=O)SCc1ccccc1CCC(=O)Nc1ccc(C)c(C(=O)O)c1C. The summed E-state index contributed by atoms with van der Waals surface area (Å²) in [5.74, 6) is -0.586. The molecule has 2 aromatic rings. The Labute approximate surface area is 163 Å². The second-order valence-electron chi connectivity index (χ2n) is 6.33. The number of carboxylic acids is 1. The smallest absolute Gasteiger partial charge is 0.336 e. The Morgan fingerprint density at radius 1 is 1.04 bits per heavy atom. The molecule has 0 saturated heterocycles. The topological polar surface area (TPSA) is 83.5 Å². The van der Waals surface area contributed by atoms with Gasteiger partial charge in [0.15, 0.2) is 5.12 Å². The van der Waals surface area contributed by atoms with Crippen molar-refractivity contribution < 1.29 is 19.5 Å². The Kier molecular flexibility index (Phi) is 7.19. The van der Waals surface area contributed by atoms with E-state index in [1.54, 1.807) is 26.0 Å². The number of rotatable bonds is 7. The van der Waals surface area contributed by atoms with Gasteiger partial charge in [0.25, 0.3) is 0 Å². The zero-order valence-corrected chi connectivity index (χ0v) is 16.5. The van der Waals surface area contributed by atoms with Crippen LogP contribution in [0.15, 0.2) is 36.4 Å². The largest absolute Gasteiger partial charge is 0.478 e. The molecule has 2 rings (SSSR count). The predicted molar refractivity (Wildman–Crippen MR) is 108 cm³/mol. The van der Waals surface area contributed by atoms with Crippen LogP contribution >= 0.6 is 11.8 Å². The Morgan fingerprint density at radius 3 is 2.33 bits per heavy atom. The summed E-state index contributed by atoms with van der Waals surface area (Å²) in [5.41, 5.74) is 4.03. The molecule has 0 aromatic heterocycles. The number of benzene rings is 2. The van der Waals surface area contributed by atoms with Crippen LogP contribution in [0.1, 0.15) is 46.0 Å². The van der Waals surface area contributed by atoms with E-state index in [9.17, 15) is 19.5 Å². The third-order valence-electron chi connectivity index (χ3n) is 4.33. The molecule has 27 heavy (non-hydrogen) atoms. The number of nitrogens with one attached hydrogen (secondary N) is 1. The lowest BCUT2D eigenvalue weighted by Crippen LogP contribution is -2.15. The summed E-state index contributed by atoms with van der Waals surface area (Å²) < 4.78 is 0. The van der Waals surface area contributed by atoms with Gasteiger partial charge in [-0.25, -0.2) is 4.79 Å². The van der Waals surface area contributed by atoms with Crippen LogP contribution in [-0.4, -0.2) is 22.1 Å². The Morgan fingerprint density at radius 2 is 1.70 bits per heavy atom. The minimum absolute atomic E-state index is 0.0617. The third kappa shape index (κ3) is 5.69. The molecule has 0 fully saturated rings. The first-order valence-corrected chi connectivity index (χ1v) is 9.61. The quantitative estimate of drug-likeness (QED) is 0.740. The number of amides is 1. The summed E-state index contributed by atoms with van der Waals surface area (Å²) in [6.45, 7) is 4.97. The highest BCUT2D eigenvalue weighted by Gasteiger charge is 2.15. The van der Waals surface area contributed by atoms with Gasteiger partial charge < -0.3 is 10.4 Å². The zero-order chi connectivity index (χ0) is 20.0. The van der Waals surface area contributed by atoms with Crippen molar-refractivity contribution in [2.75, 3.05) is 5.32 Å². The van der Waals surface area contributed by atoms with Gasteiger partial charge in [-0.1, -0.05) is 42.1 Å². The average molecular weight is 385 g/mol. The fourth-order valence-corrected chi connectivity index (χ4v) is 3.53. The summed E-state index contributed by atoms with van der Waals surface area (Å²) in [4.78, 5) is 34.9. The van der Waals surface area contributed by atoms with E-state index in [0.717, 1.165) is 11.1 Å². The Balaban J connectivity index is 2.05. The molecule has 0 bridgehead atoms. The number of aryl methyl sites for hydroxylation is 2. The number of carboxylic acid groups (broad SMARTS) is 1. The van der Waals surface area contributed by atoms with Gasteiger partial charge in [0.1, 0.15) is 0 Å². The molecule has 5 nitrogen and oxygen atoms in total. The van der Waals surface area contributed by atoms with Crippen LogP contribution in [0.5, 0.6) is 0 Å². The Bertz CT molecular complexity index is 876. The van der Waals surface area contributed by atoms with E-state index in [0.29, 0.717) is 29.0 Å². The number of anilines is 1. The van der Waals surface area contributed by atoms with E-state index in [2.05, 4.69) is 5.32 Å². The molecule has 6 heteroatoms. The van der Waals surface area contributed by atoms with Crippen LogP contribution in [0, 0.1) is 13.8 Å². The van der Waals surface area contributed by atoms with E-state index in [-0.39, 0.29) is 23.0 Å². The lowest BCUT2D eigenvalue weighted by molar-refractivity contribution is -0.116. The molecule has 0 saturated carbocycles. The average Bonchev–Trinajstić information content (AvgIpc) is 2.61. The Hall–Kier alpha value is -2.60. The van der Waals surface area contributed by atoms with E-state index < -0.39 is 5.97 Å². The van der Waals surface area contributed by atoms with Crippen molar-refractivity contribution in [3.63, 3.8) is 0 Å². The summed E-state index contributed by atoms with van der Waals surface area (Å²) in [6, 6.07) is 11.2. The maximum Gasteiger partial charge on any atom is 0.336 e. The number of aromatic carboxylic acids is 1. The maximum absolute atomic E-state index is 12.4. The van der Waals surface area contributed by atoms with Gasteiger partial charge in [-0.05, 0) is 48.6 Å². The minimum Gasteiger partial charge on any atom is -0.478 e. The van der Waals surface area contributed by atoms with Gasteiger partial charge in [0.05, 0.1) is 5.56 Å². The highest BCUT2D eigenvalue weighted by molar-refractivity contribution is 8.12. The molecule has 0 unspecified atom stereocenters. The van der Waals surface area contributed by atoms with Gasteiger partial charge >= 0.3 is 5.97 Å². The van der Waals surface area contributed by atoms with Crippen LogP contribution < -0.4 is 5.32 Å². The van der Waals surface area contributed by atoms with Crippen LogP contribution in [-0.2, 0) is 21.8 Å². The van der Waals surface area contributed by atoms with E-state index in [1.165, 1.54) is 18.7 Å². The second-order valence-corrected chi connectivity index (χ2v) is 7.48. The molecular weight excluding hydrogens is 362 g/mol. The third-order valence-corrected chi connectivity index (χ3v) is 5.19. The van der Waals surface area contributed by atoms with Crippen molar-refractivity contribution in [1.82, 2.24) is 0 Å². The number of hydrogen-bond donors (Lipinski definition) is 2. The monoisotopic (exact) mass is 385 g/mol. The van der Waals surface area contributed by atoms with E-state index in [4.69, 9.17) is 0 Å². The van der Waals surface area contributed by atoms with Gasteiger partial charge in [0.2, 0.25) is 5.91 Å². The fraction of sp³-hybridized carbons (Fsp3) is 0.286. The summed E-state index contributed by atoms with van der Waals surface area (Å²) in [6.07, 6.45) is 0.828. The van der Waals surface area contributed by atoms with Crippen molar-refractivity contribution in [1.29, 1.82) is 0 Å². The lowest BCUT2D eigenvalue weighted by atomic mass is 10.0. The standard InChI is InChI=1S/C21H23NO4S/c1-13-8-10-18(14(2)20(13)21(25)26)22-19(24)11-9-16-6-4-5-7-17(16)12-27-15(3)23/h4-8,10H,9,11-12H2,1-3H3,(H,22,24)(H,25,26). The molecule has 0 aliphatic rings. The second kappa shape index (κ2) is 9.37. The van der Waals surface area contributed by atoms with Crippen LogP contribution in [0.3, 0.4) is 0 Å². The van der Waals surface area contributed by atoms with Crippen molar-refractivity contribution >= 4 is 34.4 Å². The zero-order valence-electron chi connectivity index (χ0n) is 15.7. The van der Waals surface area contributed by atoms with Gasteiger partial charge in [-0.3, -0.25) is 9.59 Å². The summed E-state index contributed by atoms with van der Waals surface area (Å²) in [7, 11) is 0. The first-order valence-electron chi connectivity index (χ1n) is 8.63. The summed E-state index contributed by atoms with van der Waals surface area (Å²) >= 11 is 1.25. The highest BCUT2D eigenvalue weighted by Crippen LogP contribution is 2.23. The van der Waals surface area contributed by atoms with Gasteiger partial charge in [-0.15, -0.1) is 0 Å². The molecular formula is C21H23NO4S. The normalized spacial score (nSPS) is 10.5. The molecule has 0 spiro atoms. The highest BCUT2D eigenvalue weighted by atomic mass is 32.2. The molecule has 0 aliphatic carbocycles. The van der Waals surface area contributed by atoms with Crippen LogP contribution in [0.4, 0.5) is 5.69 Å². The number of hydrogen-bond acceptors (Lipinski definition) is 4. The van der Waals surface area contributed by atoms with Gasteiger partial charge in [0, 0.05) is 24.8 Å². The van der Waals surface area contributed by atoms with Crippen LogP contribution in [0.25, 0.3) is 0 Å². The van der Waals surface area contributed by atoms with E-state index >= 15 is 0 Å². The molecule has 0 aliphatic heterocycles. The van der Waals surface area contributed by atoms with Gasteiger partial charge in [-0.2, -0.15) is 0 Å². The van der Waals surface area contributed by atoms with Crippen molar-refractivity contribution in [3.05, 3.63) is 64.2 Å². The van der Waals surface area contributed by atoms with Crippen LogP contribution in [0.2, 0.25) is 0 Å². The predicted octanol–water partition coefficient (Wildman–Crippen LogP) is 4.35. The molecule has 0 heterocycles. The number of thioether (sulfide) groups is 1. The molecule has 2 aromatic carbocycles. The fourth-order valence-electron chi connectivity index (χ4n) is 2.89. The van der Waals surface area contributed by atoms with Crippen molar-refractivity contribution in [3.8, 4) is 0 Å². The minimum atomic E-state index is -1.00. The number of carbonyl (C=O) groups is 3.